The molecule has 4 heteroatoms. The van der Waals surface area contributed by atoms with Gasteiger partial charge in [-0.15, -0.1) is 0 Å². The first kappa shape index (κ1) is 13.8. The van der Waals surface area contributed by atoms with Gasteiger partial charge in [-0.25, -0.2) is 4.98 Å². The first-order chi connectivity index (χ1) is 10.8. The molecule has 2 aromatic rings. The third-order valence-electron chi connectivity index (χ3n) is 5.45. The zero-order valence-corrected chi connectivity index (χ0v) is 12.9. The Morgan fingerprint density at radius 3 is 3.14 bits per heavy atom. The highest BCUT2D eigenvalue weighted by atomic mass is 16.1. The molecule has 116 valence electrons. The summed E-state index contributed by atoms with van der Waals surface area (Å²) in [4.78, 5) is 16.8. The molecule has 0 spiro atoms. The number of fused-ring (bicyclic) bond motifs is 2. The molecule has 2 aliphatic rings. The molecule has 2 aliphatic carbocycles. The molecule has 1 amide bonds. The zero-order valence-electron chi connectivity index (χ0n) is 12.9. The molecule has 0 aromatic carbocycles. The predicted molar refractivity (Wildman–Crippen MR) is 85.5 cm³/mol. The lowest BCUT2D eigenvalue weighted by Crippen LogP contribution is -2.37. The summed E-state index contributed by atoms with van der Waals surface area (Å²) in [5.41, 5.74) is 1.94. The molecule has 1 N–H and O–H groups in total. The van der Waals surface area contributed by atoms with Gasteiger partial charge in [0, 0.05) is 24.9 Å². The van der Waals surface area contributed by atoms with Crippen molar-refractivity contribution < 1.29 is 4.79 Å². The zero-order chi connectivity index (χ0) is 14.9. The van der Waals surface area contributed by atoms with E-state index in [9.17, 15) is 4.79 Å². The van der Waals surface area contributed by atoms with Crippen molar-refractivity contribution in [2.45, 2.75) is 51.0 Å². The van der Waals surface area contributed by atoms with Gasteiger partial charge in [0.2, 0.25) is 5.91 Å². The van der Waals surface area contributed by atoms with Crippen LogP contribution in [0.4, 0.5) is 0 Å². The second kappa shape index (κ2) is 5.75. The standard InChI is InChI=1S/C18H23N3O/c22-18(20-16-9-7-13-4-3-5-15(13)16)10-8-14-12-21-11-2-1-6-17(21)19-14/h1-2,6,11-13,15-16H,3-5,7-10H2,(H,20,22). The highest BCUT2D eigenvalue weighted by molar-refractivity contribution is 5.76. The molecular weight excluding hydrogens is 274 g/mol. The smallest absolute Gasteiger partial charge is 0.220 e. The number of carbonyl (C=O) groups excluding carboxylic acids is 1. The van der Waals surface area contributed by atoms with E-state index in [0.717, 1.165) is 23.2 Å². The molecule has 3 atom stereocenters. The number of carbonyl (C=O) groups is 1. The summed E-state index contributed by atoms with van der Waals surface area (Å²) < 4.78 is 2.01. The fourth-order valence-electron chi connectivity index (χ4n) is 4.37. The van der Waals surface area contributed by atoms with Gasteiger partial charge in [-0.1, -0.05) is 18.9 Å². The minimum absolute atomic E-state index is 0.189. The SMILES string of the molecule is O=C(CCc1cn2ccccc2n1)NC1CCC2CCCC21. The van der Waals surface area contributed by atoms with E-state index in [4.69, 9.17) is 0 Å². The first-order valence-electron chi connectivity index (χ1n) is 8.51. The minimum atomic E-state index is 0.189. The van der Waals surface area contributed by atoms with Crippen LogP contribution in [0.25, 0.3) is 5.65 Å². The average Bonchev–Trinajstić information content (AvgIpc) is 3.21. The monoisotopic (exact) mass is 297 g/mol. The molecule has 2 fully saturated rings. The Labute approximate surface area is 130 Å². The third kappa shape index (κ3) is 2.62. The number of amides is 1. The molecule has 2 heterocycles. The molecule has 0 bridgehead atoms. The van der Waals surface area contributed by atoms with Crippen molar-refractivity contribution in [2.24, 2.45) is 11.8 Å². The Bertz CT molecular complexity index is 645. The Morgan fingerprint density at radius 2 is 2.23 bits per heavy atom. The highest BCUT2D eigenvalue weighted by Gasteiger charge is 2.39. The van der Waals surface area contributed by atoms with Gasteiger partial charge in [0.05, 0.1) is 5.69 Å². The van der Waals surface area contributed by atoms with Crippen molar-refractivity contribution in [3.63, 3.8) is 0 Å². The number of rotatable bonds is 4. The second-order valence-corrected chi connectivity index (χ2v) is 6.80. The van der Waals surface area contributed by atoms with Gasteiger partial charge in [0.15, 0.2) is 0 Å². The van der Waals surface area contributed by atoms with Gasteiger partial charge in [0.1, 0.15) is 5.65 Å². The van der Waals surface area contributed by atoms with Crippen molar-refractivity contribution in [3.05, 3.63) is 36.3 Å². The number of pyridine rings is 1. The molecule has 2 saturated carbocycles. The first-order valence-corrected chi connectivity index (χ1v) is 8.51. The number of hydrogen-bond acceptors (Lipinski definition) is 2. The largest absolute Gasteiger partial charge is 0.353 e. The van der Waals surface area contributed by atoms with Crippen molar-refractivity contribution in [2.75, 3.05) is 0 Å². The second-order valence-electron chi connectivity index (χ2n) is 6.80. The molecule has 0 aliphatic heterocycles. The van der Waals surface area contributed by atoms with Crippen LogP contribution in [0.1, 0.15) is 44.2 Å². The summed E-state index contributed by atoms with van der Waals surface area (Å²) >= 11 is 0. The third-order valence-corrected chi connectivity index (χ3v) is 5.45. The topological polar surface area (TPSA) is 46.4 Å². The van der Waals surface area contributed by atoms with E-state index in [1.54, 1.807) is 0 Å². The molecule has 0 saturated heterocycles. The lowest BCUT2D eigenvalue weighted by atomic mass is 9.97. The van der Waals surface area contributed by atoms with E-state index in [0.29, 0.717) is 18.9 Å². The number of aromatic nitrogens is 2. The summed E-state index contributed by atoms with van der Waals surface area (Å²) in [6.45, 7) is 0. The van der Waals surface area contributed by atoms with Crippen LogP contribution in [0.5, 0.6) is 0 Å². The van der Waals surface area contributed by atoms with Crippen LogP contribution >= 0.6 is 0 Å². The number of hydrogen-bond donors (Lipinski definition) is 1. The Morgan fingerprint density at radius 1 is 1.27 bits per heavy atom. The van der Waals surface area contributed by atoms with E-state index in [2.05, 4.69) is 10.3 Å². The molecule has 2 aromatic heterocycles. The maximum absolute atomic E-state index is 12.2. The van der Waals surface area contributed by atoms with Gasteiger partial charge < -0.3 is 9.72 Å². The van der Waals surface area contributed by atoms with Gasteiger partial charge in [-0.2, -0.15) is 0 Å². The van der Waals surface area contributed by atoms with Crippen LogP contribution in [0.2, 0.25) is 0 Å². The quantitative estimate of drug-likeness (QED) is 0.943. The van der Waals surface area contributed by atoms with Crippen LogP contribution < -0.4 is 5.32 Å². The Kier molecular flexibility index (Phi) is 3.60. The maximum Gasteiger partial charge on any atom is 0.220 e. The van der Waals surface area contributed by atoms with Crippen molar-refractivity contribution in [1.29, 1.82) is 0 Å². The molecule has 4 nitrogen and oxygen atoms in total. The number of imidazole rings is 1. The fourth-order valence-corrected chi connectivity index (χ4v) is 4.37. The fraction of sp³-hybridized carbons (Fsp3) is 0.556. The molecule has 4 rings (SSSR count). The normalized spacial score (nSPS) is 27.2. The van der Waals surface area contributed by atoms with E-state index >= 15 is 0 Å². The summed E-state index contributed by atoms with van der Waals surface area (Å²) in [6.07, 6.45) is 11.8. The maximum atomic E-state index is 12.2. The van der Waals surface area contributed by atoms with Crippen LogP contribution in [-0.4, -0.2) is 21.3 Å². The summed E-state index contributed by atoms with van der Waals surface area (Å²) in [6, 6.07) is 6.39. The van der Waals surface area contributed by atoms with Crippen LogP contribution in [-0.2, 0) is 11.2 Å². The van der Waals surface area contributed by atoms with Gasteiger partial charge >= 0.3 is 0 Å². The van der Waals surface area contributed by atoms with Crippen molar-refractivity contribution >= 4 is 11.6 Å². The molecule has 22 heavy (non-hydrogen) atoms. The van der Waals surface area contributed by atoms with E-state index < -0.39 is 0 Å². The van der Waals surface area contributed by atoms with Gasteiger partial charge in [0.25, 0.3) is 0 Å². The van der Waals surface area contributed by atoms with Crippen molar-refractivity contribution in [3.8, 4) is 0 Å². The predicted octanol–water partition coefficient (Wildman–Crippen LogP) is 2.96. The summed E-state index contributed by atoms with van der Waals surface area (Å²) in [5.74, 6) is 1.82. The van der Waals surface area contributed by atoms with Crippen molar-refractivity contribution in [1.82, 2.24) is 14.7 Å². The number of aryl methyl sites for hydroxylation is 1. The highest BCUT2D eigenvalue weighted by Crippen LogP contribution is 2.43. The van der Waals surface area contributed by atoms with E-state index in [-0.39, 0.29) is 5.91 Å². The average molecular weight is 297 g/mol. The minimum Gasteiger partial charge on any atom is -0.353 e. The lowest BCUT2D eigenvalue weighted by Gasteiger charge is -2.19. The van der Waals surface area contributed by atoms with E-state index in [1.807, 2.05) is 35.0 Å². The molecule has 3 unspecified atom stereocenters. The molecular formula is C18H23N3O. The van der Waals surface area contributed by atoms with Crippen LogP contribution in [0.15, 0.2) is 30.6 Å². The molecule has 0 radical (unpaired) electrons. The van der Waals surface area contributed by atoms with Crippen LogP contribution in [0, 0.1) is 11.8 Å². The number of nitrogens with one attached hydrogen (secondary N) is 1. The van der Waals surface area contributed by atoms with Crippen LogP contribution in [0.3, 0.4) is 0 Å². The van der Waals surface area contributed by atoms with Gasteiger partial charge in [-0.3, -0.25) is 4.79 Å². The Hall–Kier alpha value is -1.84. The summed E-state index contributed by atoms with van der Waals surface area (Å²) in [7, 11) is 0. The Balaban J connectivity index is 1.32. The van der Waals surface area contributed by atoms with Gasteiger partial charge in [-0.05, 0) is 49.7 Å². The van der Waals surface area contributed by atoms with E-state index in [1.165, 1.54) is 32.1 Å². The number of nitrogens with zero attached hydrogens (tertiary/aromatic N) is 2. The summed E-state index contributed by atoms with van der Waals surface area (Å²) in [5, 5.41) is 3.28. The lowest BCUT2D eigenvalue weighted by molar-refractivity contribution is -0.122.